The van der Waals surface area contributed by atoms with Gasteiger partial charge in [-0.3, -0.25) is 0 Å². The molecule has 0 unspecified atom stereocenters. The van der Waals surface area contributed by atoms with E-state index in [0.717, 1.165) is 38.6 Å². The van der Waals surface area contributed by atoms with Crippen LogP contribution in [0.25, 0.3) is 21.5 Å². The molecular formula is C23H23N5O3S2. The van der Waals surface area contributed by atoms with Gasteiger partial charge in [-0.25, -0.2) is 18.4 Å². The first-order valence-electron chi connectivity index (χ1n) is 10.6. The van der Waals surface area contributed by atoms with E-state index in [9.17, 15) is 8.42 Å². The molecule has 0 bridgehead atoms. The van der Waals surface area contributed by atoms with E-state index < -0.39 is 10.0 Å². The van der Waals surface area contributed by atoms with Crippen molar-refractivity contribution in [1.82, 2.24) is 18.6 Å². The van der Waals surface area contributed by atoms with Gasteiger partial charge in [0.25, 0.3) is 0 Å². The number of aromatic nitrogens is 3. The van der Waals surface area contributed by atoms with E-state index in [1.807, 2.05) is 54.6 Å². The van der Waals surface area contributed by atoms with E-state index >= 15 is 0 Å². The minimum atomic E-state index is -3.37. The predicted molar refractivity (Wildman–Crippen MR) is 130 cm³/mol. The Bertz CT molecular complexity index is 1350. The smallest absolute Gasteiger partial charge is 0.218 e. The first-order valence-corrected chi connectivity index (χ1v) is 12.9. The lowest BCUT2D eigenvalue weighted by molar-refractivity contribution is 0.383. The molecule has 0 amide bonds. The van der Waals surface area contributed by atoms with Crippen LogP contribution in [-0.4, -0.2) is 60.4 Å². The van der Waals surface area contributed by atoms with Crippen molar-refractivity contribution in [2.45, 2.75) is 5.75 Å². The largest absolute Gasteiger partial charge is 0.497 e. The molecule has 170 valence electrons. The molecule has 0 radical (unpaired) electrons. The lowest BCUT2D eigenvalue weighted by atomic mass is 10.1. The van der Waals surface area contributed by atoms with Gasteiger partial charge in [0.15, 0.2) is 5.82 Å². The molecule has 0 atom stereocenters. The summed E-state index contributed by atoms with van der Waals surface area (Å²) in [7, 11) is -1.73. The van der Waals surface area contributed by atoms with E-state index in [2.05, 4.69) is 19.2 Å². The normalized spacial score (nSPS) is 15.1. The maximum Gasteiger partial charge on any atom is 0.218 e. The van der Waals surface area contributed by atoms with Gasteiger partial charge in [-0.05, 0) is 41.4 Å². The summed E-state index contributed by atoms with van der Waals surface area (Å²) < 4.78 is 38.1. The van der Waals surface area contributed by atoms with Crippen LogP contribution < -0.4 is 9.64 Å². The Balaban J connectivity index is 1.34. The Morgan fingerprint density at radius 1 is 0.970 bits per heavy atom. The Morgan fingerprint density at radius 2 is 1.70 bits per heavy atom. The Labute approximate surface area is 196 Å². The molecule has 10 heteroatoms. The van der Waals surface area contributed by atoms with Crippen molar-refractivity contribution in [3.63, 3.8) is 0 Å². The van der Waals surface area contributed by atoms with Crippen molar-refractivity contribution < 1.29 is 13.2 Å². The fourth-order valence-corrected chi connectivity index (χ4v) is 6.36. The van der Waals surface area contributed by atoms with Crippen molar-refractivity contribution in [2.24, 2.45) is 0 Å². The number of hydrogen-bond donors (Lipinski definition) is 0. The number of rotatable bonds is 6. The SMILES string of the molecule is COc1ccc(-c2nsc3c(N4CCN(S(=O)(=O)Cc5ccccc5)CC4)ncnc23)cc1. The zero-order chi connectivity index (χ0) is 22.8. The molecule has 2 aromatic heterocycles. The average molecular weight is 482 g/mol. The molecule has 1 saturated heterocycles. The lowest BCUT2D eigenvalue weighted by Crippen LogP contribution is -2.49. The number of benzene rings is 2. The number of hydrogen-bond acceptors (Lipinski definition) is 8. The summed E-state index contributed by atoms with van der Waals surface area (Å²) in [4.78, 5) is 11.1. The van der Waals surface area contributed by atoms with Crippen LogP contribution in [0.5, 0.6) is 5.75 Å². The third-order valence-corrected chi connectivity index (χ3v) is 8.41. The fourth-order valence-electron chi connectivity index (χ4n) is 3.97. The third kappa shape index (κ3) is 4.41. The van der Waals surface area contributed by atoms with Crippen LogP contribution in [0.15, 0.2) is 60.9 Å². The number of sulfonamides is 1. The number of anilines is 1. The summed E-state index contributed by atoms with van der Waals surface area (Å²) in [5.74, 6) is 1.61. The Kier molecular flexibility index (Phi) is 5.96. The quantitative estimate of drug-likeness (QED) is 0.417. The van der Waals surface area contributed by atoms with Gasteiger partial charge in [-0.15, -0.1) is 0 Å². The number of methoxy groups -OCH3 is 1. The average Bonchev–Trinajstić information content (AvgIpc) is 3.29. The highest BCUT2D eigenvalue weighted by atomic mass is 32.2. The highest BCUT2D eigenvalue weighted by Crippen LogP contribution is 2.35. The molecule has 3 heterocycles. The van der Waals surface area contributed by atoms with E-state index in [-0.39, 0.29) is 5.75 Å². The summed E-state index contributed by atoms with van der Waals surface area (Å²) in [6.07, 6.45) is 1.55. The maximum absolute atomic E-state index is 12.9. The molecular weight excluding hydrogens is 458 g/mol. The van der Waals surface area contributed by atoms with Gasteiger partial charge < -0.3 is 9.64 Å². The van der Waals surface area contributed by atoms with Crippen molar-refractivity contribution in [2.75, 3.05) is 38.2 Å². The zero-order valence-corrected chi connectivity index (χ0v) is 19.7. The van der Waals surface area contributed by atoms with Gasteiger partial charge in [0, 0.05) is 31.7 Å². The minimum Gasteiger partial charge on any atom is -0.497 e. The minimum absolute atomic E-state index is 0.0195. The van der Waals surface area contributed by atoms with Gasteiger partial charge in [0.05, 0.1) is 12.9 Å². The summed E-state index contributed by atoms with van der Waals surface area (Å²) in [6.45, 7) is 1.97. The van der Waals surface area contributed by atoms with E-state index in [1.165, 1.54) is 11.5 Å². The summed E-state index contributed by atoms with van der Waals surface area (Å²) in [5, 5.41) is 0. The second-order valence-electron chi connectivity index (χ2n) is 7.76. The number of ether oxygens (including phenoxy) is 1. The third-order valence-electron chi connectivity index (χ3n) is 5.72. The van der Waals surface area contributed by atoms with Crippen molar-refractivity contribution in [3.8, 4) is 17.0 Å². The Hall–Kier alpha value is -3.08. The zero-order valence-electron chi connectivity index (χ0n) is 18.1. The number of fused-ring (bicyclic) bond motifs is 1. The van der Waals surface area contributed by atoms with Gasteiger partial charge >= 0.3 is 0 Å². The first-order chi connectivity index (χ1) is 16.0. The molecule has 5 rings (SSSR count). The second kappa shape index (κ2) is 9.05. The first kappa shape index (κ1) is 21.7. The van der Waals surface area contributed by atoms with Gasteiger partial charge in [-0.1, -0.05) is 30.3 Å². The van der Waals surface area contributed by atoms with E-state index in [0.29, 0.717) is 26.2 Å². The van der Waals surface area contributed by atoms with Crippen LogP contribution in [-0.2, 0) is 15.8 Å². The van der Waals surface area contributed by atoms with Crippen LogP contribution >= 0.6 is 11.5 Å². The monoisotopic (exact) mass is 481 g/mol. The molecule has 0 spiro atoms. The maximum atomic E-state index is 12.9. The lowest BCUT2D eigenvalue weighted by Gasteiger charge is -2.34. The predicted octanol–water partition coefficient (Wildman–Crippen LogP) is 3.41. The molecule has 1 aliphatic heterocycles. The molecule has 1 aliphatic rings. The van der Waals surface area contributed by atoms with Gasteiger partial charge in [-0.2, -0.15) is 8.68 Å². The number of piperazine rings is 1. The highest BCUT2D eigenvalue weighted by Gasteiger charge is 2.29. The fraction of sp³-hybridized carbons (Fsp3) is 0.261. The number of nitrogens with zero attached hydrogens (tertiary/aromatic N) is 5. The molecule has 33 heavy (non-hydrogen) atoms. The van der Waals surface area contributed by atoms with E-state index in [4.69, 9.17) is 4.74 Å². The van der Waals surface area contributed by atoms with Crippen molar-refractivity contribution in [1.29, 1.82) is 0 Å². The summed E-state index contributed by atoms with van der Waals surface area (Å²) >= 11 is 1.37. The topological polar surface area (TPSA) is 88.5 Å². The van der Waals surface area contributed by atoms with Crippen LogP contribution in [0.1, 0.15) is 5.56 Å². The van der Waals surface area contributed by atoms with Crippen molar-refractivity contribution >= 4 is 37.6 Å². The van der Waals surface area contributed by atoms with E-state index in [1.54, 1.807) is 17.7 Å². The molecule has 1 fully saturated rings. The second-order valence-corrected chi connectivity index (χ2v) is 10.5. The molecule has 4 aromatic rings. The molecule has 8 nitrogen and oxygen atoms in total. The molecule has 2 aromatic carbocycles. The van der Waals surface area contributed by atoms with Crippen LogP contribution in [0.2, 0.25) is 0 Å². The van der Waals surface area contributed by atoms with Gasteiger partial charge in [0.1, 0.15) is 28.0 Å². The van der Waals surface area contributed by atoms with Crippen LogP contribution in [0.3, 0.4) is 0 Å². The summed E-state index contributed by atoms with van der Waals surface area (Å²) in [5.41, 5.74) is 3.37. The molecule has 0 saturated carbocycles. The molecule has 0 N–H and O–H groups in total. The van der Waals surface area contributed by atoms with Gasteiger partial charge in [0.2, 0.25) is 10.0 Å². The molecule has 0 aliphatic carbocycles. The standard InChI is InChI=1S/C23H23N5O3S2/c1-31-19-9-7-18(8-10-19)20-21-22(32-26-20)23(25-16-24-21)27-11-13-28(14-12-27)33(29,30)15-17-5-3-2-4-6-17/h2-10,16H,11-15H2,1H3. The Morgan fingerprint density at radius 3 is 2.39 bits per heavy atom. The van der Waals surface area contributed by atoms with Crippen molar-refractivity contribution in [3.05, 3.63) is 66.5 Å². The van der Waals surface area contributed by atoms with Crippen LogP contribution in [0.4, 0.5) is 5.82 Å². The highest BCUT2D eigenvalue weighted by molar-refractivity contribution is 7.88. The van der Waals surface area contributed by atoms with Crippen LogP contribution in [0, 0.1) is 0 Å². The summed E-state index contributed by atoms with van der Waals surface area (Å²) in [6, 6.07) is 17.0.